The van der Waals surface area contributed by atoms with E-state index < -0.39 is 0 Å². The summed E-state index contributed by atoms with van der Waals surface area (Å²) in [5, 5.41) is 4.47. The standard InChI is InChI=1S/C20H22N6/c1-13-5-3-7-16-19(13)24-20(23-16)15-6-4-10-25(12-15)18-11-14(2)22-17-8-9-21-26(17)18/h3,5,7-9,11,15H,4,6,10,12H2,1-2H3,(H,23,24). The fraction of sp³-hybridized carbons (Fsp3) is 0.350. The summed E-state index contributed by atoms with van der Waals surface area (Å²) in [6, 6.07) is 10.4. The van der Waals surface area contributed by atoms with Gasteiger partial charge in [0.2, 0.25) is 0 Å². The summed E-state index contributed by atoms with van der Waals surface area (Å²) in [4.78, 5) is 15.4. The number of hydrogen-bond acceptors (Lipinski definition) is 4. The lowest BCUT2D eigenvalue weighted by atomic mass is 9.97. The third-order valence-electron chi connectivity index (χ3n) is 5.33. The Morgan fingerprint density at radius 2 is 2.08 bits per heavy atom. The highest BCUT2D eigenvalue weighted by atomic mass is 15.3. The maximum absolute atomic E-state index is 4.92. The van der Waals surface area contributed by atoms with Gasteiger partial charge in [0.15, 0.2) is 5.65 Å². The SMILES string of the molecule is Cc1cc(N2CCCC(c3nc4c(C)cccc4[nH]3)C2)n2nccc2n1. The normalized spacial score (nSPS) is 18.1. The number of piperidine rings is 1. The van der Waals surface area contributed by atoms with Crippen molar-refractivity contribution in [3.05, 3.63) is 53.6 Å². The number of aromatic nitrogens is 5. The molecule has 26 heavy (non-hydrogen) atoms. The van der Waals surface area contributed by atoms with Crippen LogP contribution in [0.25, 0.3) is 16.7 Å². The Hall–Kier alpha value is -2.89. The predicted molar refractivity (Wildman–Crippen MR) is 103 cm³/mol. The van der Waals surface area contributed by atoms with Crippen LogP contribution in [0.3, 0.4) is 0 Å². The maximum Gasteiger partial charge on any atom is 0.157 e. The van der Waals surface area contributed by atoms with Crippen molar-refractivity contribution in [1.82, 2.24) is 24.6 Å². The summed E-state index contributed by atoms with van der Waals surface area (Å²) in [6.07, 6.45) is 4.11. The van der Waals surface area contributed by atoms with Gasteiger partial charge < -0.3 is 9.88 Å². The van der Waals surface area contributed by atoms with E-state index in [1.807, 2.05) is 23.7 Å². The molecule has 1 aliphatic rings. The number of nitrogens with one attached hydrogen (secondary N) is 1. The van der Waals surface area contributed by atoms with Gasteiger partial charge in [0.1, 0.15) is 11.6 Å². The Morgan fingerprint density at radius 3 is 2.96 bits per heavy atom. The summed E-state index contributed by atoms with van der Waals surface area (Å²) in [5.41, 5.74) is 5.37. The minimum Gasteiger partial charge on any atom is -0.356 e. The van der Waals surface area contributed by atoms with Gasteiger partial charge in [-0.2, -0.15) is 9.61 Å². The molecule has 1 atom stereocenters. The molecule has 6 heteroatoms. The Balaban J connectivity index is 1.51. The van der Waals surface area contributed by atoms with Gasteiger partial charge in [0.05, 0.1) is 17.2 Å². The van der Waals surface area contributed by atoms with Gasteiger partial charge in [-0.05, 0) is 38.3 Å². The summed E-state index contributed by atoms with van der Waals surface area (Å²) >= 11 is 0. The molecule has 1 N–H and O–H groups in total. The summed E-state index contributed by atoms with van der Waals surface area (Å²) in [6.45, 7) is 6.14. The van der Waals surface area contributed by atoms with Crippen LogP contribution < -0.4 is 4.90 Å². The third-order valence-corrected chi connectivity index (χ3v) is 5.33. The molecule has 0 spiro atoms. The van der Waals surface area contributed by atoms with Crippen molar-refractivity contribution < 1.29 is 0 Å². The molecule has 1 unspecified atom stereocenters. The number of hydrogen-bond donors (Lipinski definition) is 1. The number of H-pyrrole nitrogens is 1. The van der Waals surface area contributed by atoms with Crippen LogP contribution in [-0.2, 0) is 0 Å². The number of anilines is 1. The van der Waals surface area contributed by atoms with Crippen LogP contribution in [0.15, 0.2) is 36.5 Å². The van der Waals surface area contributed by atoms with E-state index in [2.05, 4.69) is 51.2 Å². The monoisotopic (exact) mass is 346 g/mol. The van der Waals surface area contributed by atoms with Crippen molar-refractivity contribution in [2.24, 2.45) is 0 Å². The van der Waals surface area contributed by atoms with E-state index in [-0.39, 0.29) is 0 Å². The van der Waals surface area contributed by atoms with E-state index in [0.29, 0.717) is 5.92 Å². The van der Waals surface area contributed by atoms with Gasteiger partial charge >= 0.3 is 0 Å². The van der Waals surface area contributed by atoms with E-state index >= 15 is 0 Å². The number of aromatic amines is 1. The Morgan fingerprint density at radius 1 is 1.15 bits per heavy atom. The Labute approximate surface area is 151 Å². The second kappa shape index (κ2) is 5.83. The molecule has 0 aliphatic carbocycles. The quantitative estimate of drug-likeness (QED) is 0.602. The molecule has 4 aromatic rings. The Kier molecular flexibility index (Phi) is 3.45. The van der Waals surface area contributed by atoms with E-state index in [9.17, 15) is 0 Å². The maximum atomic E-state index is 4.92. The van der Waals surface area contributed by atoms with Crippen molar-refractivity contribution >= 4 is 22.5 Å². The highest BCUT2D eigenvalue weighted by molar-refractivity contribution is 5.78. The number of fused-ring (bicyclic) bond motifs is 2. The second-order valence-electron chi connectivity index (χ2n) is 7.24. The van der Waals surface area contributed by atoms with Crippen molar-refractivity contribution in [3.63, 3.8) is 0 Å². The van der Waals surface area contributed by atoms with Crippen LogP contribution in [0.1, 0.15) is 35.8 Å². The summed E-state index contributed by atoms with van der Waals surface area (Å²) in [7, 11) is 0. The van der Waals surface area contributed by atoms with Gasteiger partial charge in [-0.1, -0.05) is 12.1 Å². The smallest absolute Gasteiger partial charge is 0.157 e. The van der Waals surface area contributed by atoms with Gasteiger partial charge in [-0.25, -0.2) is 9.97 Å². The van der Waals surface area contributed by atoms with E-state index in [1.165, 1.54) is 5.56 Å². The average molecular weight is 346 g/mol. The zero-order valence-corrected chi connectivity index (χ0v) is 15.1. The van der Waals surface area contributed by atoms with E-state index in [0.717, 1.165) is 59.9 Å². The van der Waals surface area contributed by atoms with Gasteiger partial charge in [-0.15, -0.1) is 0 Å². The lowest BCUT2D eigenvalue weighted by molar-refractivity contribution is 0.489. The molecule has 3 aromatic heterocycles. The number of rotatable bonds is 2. The molecule has 0 bridgehead atoms. The first kappa shape index (κ1) is 15.4. The van der Waals surface area contributed by atoms with Crippen LogP contribution in [0.5, 0.6) is 0 Å². The zero-order valence-electron chi connectivity index (χ0n) is 15.1. The molecule has 1 aliphatic heterocycles. The molecule has 0 radical (unpaired) electrons. The highest BCUT2D eigenvalue weighted by Gasteiger charge is 2.26. The lowest BCUT2D eigenvalue weighted by Crippen LogP contribution is -2.36. The zero-order chi connectivity index (χ0) is 17.7. The van der Waals surface area contributed by atoms with Crippen LogP contribution in [0.4, 0.5) is 5.82 Å². The lowest BCUT2D eigenvalue weighted by Gasteiger charge is -2.33. The molecule has 4 heterocycles. The molecule has 0 saturated carbocycles. The van der Waals surface area contributed by atoms with Gasteiger partial charge in [-0.3, -0.25) is 0 Å². The number of imidazole rings is 1. The van der Waals surface area contributed by atoms with Gasteiger partial charge in [0, 0.05) is 36.8 Å². The van der Waals surface area contributed by atoms with Crippen LogP contribution in [0, 0.1) is 13.8 Å². The van der Waals surface area contributed by atoms with E-state index in [1.54, 1.807) is 0 Å². The Bertz CT molecular complexity index is 1090. The fourth-order valence-corrected chi connectivity index (χ4v) is 4.04. The first-order valence-corrected chi connectivity index (χ1v) is 9.20. The molecule has 5 rings (SSSR count). The van der Waals surface area contributed by atoms with Crippen LogP contribution in [0.2, 0.25) is 0 Å². The highest BCUT2D eigenvalue weighted by Crippen LogP contribution is 2.30. The van der Waals surface area contributed by atoms with Gasteiger partial charge in [0.25, 0.3) is 0 Å². The predicted octanol–water partition coefficient (Wildman–Crippen LogP) is 3.61. The molecule has 0 amide bonds. The minimum atomic E-state index is 0.398. The van der Waals surface area contributed by atoms with Crippen molar-refractivity contribution in [1.29, 1.82) is 0 Å². The summed E-state index contributed by atoms with van der Waals surface area (Å²) in [5.74, 6) is 2.62. The fourth-order valence-electron chi connectivity index (χ4n) is 4.04. The topological polar surface area (TPSA) is 62.1 Å². The van der Waals surface area contributed by atoms with Crippen molar-refractivity contribution in [2.45, 2.75) is 32.6 Å². The number of nitrogens with zero attached hydrogens (tertiary/aromatic N) is 5. The first-order valence-electron chi connectivity index (χ1n) is 9.20. The largest absolute Gasteiger partial charge is 0.356 e. The molecule has 1 saturated heterocycles. The first-order chi connectivity index (χ1) is 12.7. The number of benzene rings is 1. The van der Waals surface area contributed by atoms with E-state index in [4.69, 9.17) is 4.98 Å². The molecule has 1 aromatic carbocycles. The third kappa shape index (κ3) is 2.44. The molecule has 132 valence electrons. The minimum absolute atomic E-state index is 0.398. The van der Waals surface area contributed by atoms with Crippen molar-refractivity contribution in [2.75, 3.05) is 18.0 Å². The molecular weight excluding hydrogens is 324 g/mol. The molecular formula is C20H22N6. The molecule has 1 fully saturated rings. The second-order valence-corrected chi connectivity index (χ2v) is 7.24. The number of aryl methyl sites for hydroxylation is 2. The number of para-hydroxylation sites is 1. The van der Waals surface area contributed by atoms with Crippen molar-refractivity contribution in [3.8, 4) is 0 Å². The van der Waals surface area contributed by atoms with Crippen LogP contribution in [-0.4, -0.2) is 37.7 Å². The summed E-state index contributed by atoms with van der Waals surface area (Å²) < 4.78 is 1.94. The van der Waals surface area contributed by atoms with Crippen LogP contribution >= 0.6 is 0 Å². The molecule has 6 nitrogen and oxygen atoms in total. The average Bonchev–Trinajstić information content (AvgIpc) is 3.28.